The summed E-state index contributed by atoms with van der Waals surface area (Å²) < 4.78 is 11.8. The average molecular weight is 463 g/mol. The Labute approximate surface area is 196 Å². The molecule has 2 unspecified atom stereocenters. The summed E-state index contributed by atoms with van der Waals surface area (Å²) in [6.45, 7) is 12.2. The molecule has 3 rings (SSSR count). The monoisotopic (exact) mass is 462 g/mol. The van der Waals surface area contributed by atoms with Gasteiger partial charge >= 0.3 is 5.97 Å². The molecule has 0 aromatic heterocycles. The Balaban J connectivity index is 1.99. The van der Waals surface area contributed by atoms with Crippen molar-refractivity contribution >= 4 is 17.8 Å². The highest BCUT2D eigenvalue weighted by Crippen LogP contribution is 2.59. The highest BCUT2D eigenvalue weighted by Gasteiger charge is 2.75. The number of carbonyl (C=O) groups is 3. The fourth-order valence-corrected chi connectivity index (χ4v) is 5.75. The quantitative estimate of drug-likeness (QED) is 0.256. The molecule has 0 aromatic rings. The molecule has 8 heteroatoms. The number of unbranched alkanes of at least 4 members (excludes halogenated alkanes) is 1. The first-order chi connectivity index (χ1) is 15.9. The second-order valence-corrected chi connectivity index (χ2v) is 9.22. The molecule has 0 radical (unpaired) electrons. The van der Waals surface area contributed by atoms with Gasteiger partial charge in [-0.3, -0.25) is 14.4 Å². The lowest BCUT2D eigenvalue weighted by Crippen LogP contribution is -2.58. The van der Waals surface area contributed by atoms with E-state index in [9.17, 15) is 19.5 Å². The van der Waals surface area contributed by atoms with Gasteiger partial charge in [-0.05, 0) is 32.1 Å². The van der Waals surface area contributed by atoms with Crippen LogP contribution in [0.4, 0.5) is 0 Å². The molecule has 0 aromatic carbocycles. The third-order valence-electron chi connectivity index (χ3n) is 7.33. The van der Waals surface area contributed by atoms with Gasteiger partial charge in [0.1, 0.15) is 11.6 Å². The number of rotatable bonds is 13. The van der Waals surface area contributed by atoms with Crippen LogP contribution in [0.3, 0.4) is 0 Å². The van der Waals surface area contributed by atoms with Crippen LogP contribution in [-0.2, 0) is 23.9 Å². The highest BCUT2D eigenvalue weighted by molar-refractivity contribution is 5.98. The topological polar surface area (TPSA) is 96.4 Å². The Morgan fingerprint density at radius 2 is 2.12 bits per heavy atom. The summed E-state index contributed by atoms with van der Waals surface area (Å²) in [5.41, 5.74) is -1.07. The van der Waals surface area contributed by atoms with Gasteiger partial charge in [0.15, 0.2) is 0 Å². The van der Waals surface area contributed by atoms with Crippen LogP contribution in [0.5, 0.6) is 0 Å². The van der Waals surface area contributed by atoms with Gasteiger partial charge in [-0.2, -0.15) is 0 Å². The first-order valence-corrected chi connectivity index (χ1v) is 12.2. The fraction of sp³-hybridized carbons (Fsp3) is 0.720. The van der Waals surface area contributed by atoms with E-state index < -0.39 is 41.6 Å². The third-order valence-corrected chi connectivity index (χ3v) is 7.33. The first kappa shape index (κ1) is 25.4. The fourth-order valence-electron chi connectivity index (χ4n) is 5.75. The SMILES string of the molecule is C=CCCOC(=O)[C@@H]1[C@@H]2CCC3(O2)C(C(=O)N(CC=C)CCCC)N([C@@H](CC)CO)C(=O)[C@H]13. The van der Waals surface area contributed by atoms with Crippen LogP contribution in [0, 0.1) is 11.8 Å². The molecule has 3 saturated heterocycles. The van der Waals surface area contributed by atoms with Crippen molar-refractivity contribution in [2.75, 3.05) is 26.3 Å². The molecule has 0 saturated carbocycles. The number of hydrogen-bond donors (Lipinski definition) is 1. The lowest BCUT2D eigenvalue weighted by Gasteiger charge is -2.39. The third kappa shape index (κ3) is 4.35. The van der Waals surface area contributed by atoms with Crippen molar-refractivity contribution in [2.45, 2.75) is 76.2 Å². The predicted molar refractivity (Wildman–Crippen MR) is 123 cm³/mol. The lowest BCUT2D eigenvalue weighted by atomic mass is 9.70. The molecule has 8 nitrogen and oxygen atoms in total. The van der Waals surface area contributed by atoms with Gasteiger partial charge in [-0.25, -0.2) is 0 Å². The number of amides is 2. The number of fused-ring (bicyclic) bond motifs is 1. The number of hydrogen-bond acceptors (Lipinski definition) is 6. The number of aliphatic hydroxyl groups excluding tert-OH is 1. The second-order valence-electron chi connectivity index (χ2n) is 9.22. The van der Waals surface area contributed by atoms with Crippen molar-refractivity contribution < 1.29 is 29.0 Å². The first-order valence-electron chi connectivity index (χ1n) is 12.2. The van der Waals surface area contributed by atoms with E-state index in [4.69, 9.17) is 9.47 Å². The molecular formula is C25H38N2O6. The van der Waals surface area contributed by atoms with Crippen molar-refractivity contribution in [3.05, 3.63) is 25.3 Å². The molecule has 6 atom stereocenters. The Morgan fingerprint density at radius 3 is 2.73 bits per heavy atom. The number of ether oxygens (including phenoxy) is 2. The predicted octanol–water partition coefficient (Wildman–Crippen LogP) is 2.07. The summed E-state index contributed by atoms with van der Waals surface area (Å²) >= 11 is 0. The van der Waals surface area contributed by atoms with E-state index in [0.29, 0.717) is 38.8 Å². The van der Waals surface area contributed by atoms with E-state index in [1.54, 1.807) is 17.1 Å². The summed E-state index contributed by atoms with van der Waals surface area (Å²) in [5, 5.41) is 10.1. The van der Waals surface area contributed by atoms with Crippen molar-refractivity contribution in [3.8, 4) is 0 Å². The Morgan fingerprint density at radius 1 is 1.36 bits per heavy atom. The van der Waals surface area contributed by atoms with E-state index in [0.717, 1.165) is 12.8 Å². The molecule has 0 aliphatic carbocycles. The van der Waals surface area contributed by atoms with E-state index in [1.807, 2.05) is 6.92 Å². The Hall–Kier alpha value is -2.19. The van der Waals surface area contributed by atoms with E-state index in [1.165, 1.54) is 4.90 Å². The maximum atomic E-state index is 13.9. The summed E-state index contributed by atoms with van der Waals surface area (Å²) in [6.07, 6.45) is 6.79. The Bertz CT molecular complexity index is 766. The molecule has 184 valence electrons. The van der Waals surface area contributed by atoms with Gasteiger partial charge in [0.25, 0.3) is 0 Å². The zero-order valence-corrected chi connectivity index (χ0v) is 19.9. The van der Waals surface area contributed by atoms with Crippen LogP contribution < -0.4 is 0 Å². The molecule has 3 aliphatic rings. The smallest absolute Gasteiger partial charge is 0.312 e. The van der Waals surface area contributed by atoms with Gasteiger partial charge in [-0.1, -0.05) is 32.4 Å². The van der Waals surface area contributed by atoms with Crippen LogP contribution in [-0.4, -0.2) is 82.8 Å². The van der Waals surface area contributed by atoms with Gasteiger partial charge in [0, 0.05) is 13.1 Å². The number of nitrogens with zero attached hydrogens (tertiary/aromatic N) is 2. The minimum Gasteiger partial charge on any atom is -0.465 e. The summed E-state index contributed by atoms with van der Waals surface area (Å²) in [4.78, 5) is 44.0. The minimum atomic E-state index is -1.07. The molecule has 3 aliphatic heterocycles. The van der Waals surface area contributed by atoms with Crippen LogP contribution in [0.2, 0.25) is 0 Å². The van der Waals surface area contributed by atoms with Crippen LogP contribution in [0.15, 0.2) is 25.3 Å². The summed E-state index contributed by atoms with van der Waals surface area (Å²) in [7, 11) is 0. The summed E-state index contributed by atoms with van der Waals surface area (Å²) in [6, 6.07) is -1.40. The van der Waals surface area contributed by atoms with Crippen LogP contribution >= 0.6 is 0 Å². The molecular weight excluding hydrogens is 424 g/mol. The summed E-state index contributed by atoms with van der Waals surface area (Å²) in [5.74, 6) is -2.47. The normalized spacial score (nSPS) is 30.8. The van der Waals surface area contributed by atoms with Crippen LogP contribution in [0.25, 0.3) is 0 Å². The molecule has 2 amide bonds. The van der Waals surface area contributed by atoms with Crippen molar-refractivity contribution in [2.24, 2.45) is 11.8 Å². The molecule has 1 spiro atoms. The molecule has 33 heavy (non-hydrogen) atoms. The molecule has 3 fully saturated rings. The molecule has 3 heterocycles. The van der Waals surface area contributed by atoms with E-state index in [-0.39, 0.29) is 25.0 Å². The van der Waals surface area contributed by atoms with Gasteiger partial charge in [0.05, 0.1) is 37.2 Å². The number of likely N-dealkylation sites (tertiary alicyclic amines) is 1. The number of esters is 1. The van der Waals surface area contributed by atoms with E-state index >= 15 is 0 Å². The molecule has 2 bridgehead atoms. The lowest BCUT2D eigenvalue weighted by molar-refractivity contribution is -0.156. The zero-order valence-electron chi connectivity index (χ0n) is 19.9. The minimum absolute atomic E-state index is 0.198. The Kier molecular flexibility index (Phi) is 8.34. The van der Waals surface area contributed by atoms with Crippen molar-refractivity contribution in [1.29, 1.82) is 0 Å². The number of carbonyl (C=O) groups excluding carboxylic acids is 3. The maximum Gasteiger partial charge on any atom is 0.312 e. The van der Waals surface area contributed by atoms with Gasteiger partial charge < -0.3 is 24.4 Å². The molecule has 1 N–H and O–H groups in total. The van der Waals surface area contributed by atoms with Gasteiger partial charge in [0.2, 0.25) is 11.8 Å². The van der Waals surface area contributed by atoms with Gasteiger partial charge in [-0.15, -0.1) is 13.2 Å². The second kappa shape index (κ2) is 10.8. The average Bonchev–Trinajstić information content (AvgIpc) is 3.45. The van der Waals surface area contributed by atoms with Crippen molar-refractivity contribution in [1.82, 2.24) is 9.80 Å². The maximum absolute atomic E-state index is 13.9. The largest absolute Gasteiger partial charge is 0.465 e. The van der Waals surface area contributed by atoms with Crippen LogP contribution in [0.1, 0.15) is 52.4 Å². The highest BCUT2D eigenvalue weighted by atomic mass is 16.6. The van der Waals surface area contributed by atoms with Crippen molar-refractivity contribution in [3.63, 3.8) is 0 Å². The zero-order chi connectivity index (χ0) is 24.2. The standard InChI is InChI=1S/C25H38N2O6/c1-5-9-14-26(13-7-3)23(30)21-25-12-11-18(33-25)19(24(31)32-15-10-6-2)20(25)22(29)27(21)17(8-4)16-28/h6-7,17-21,28H,2-3,5,8-16H2,1,4H3/t17-,18-,19+,20-,21?,25?/m0/s1. The van der Waals surface area contributed by atoms with E-state index in [2.05, 4.69) is 20.1 Å². The number of aliphatic hydroxyl groups is 1.